The Morgan fingerprint density at radius 2 is 1.74 bits per heavy atom. The molecule has 0 saturated carbocycles. The number of amides is 3. The topological polar surface area (TPSA) is 133 Å². The number of benzene rings is 1. The van der Waals surface area contributed by atoms with Crippen molar-refractivity contribution in [2.45, 2.75) is 26.4 Å². The molecule has 1 aliphatic rings. The predicted molar refractivity (Wildman–Crippen MR) is 98.1 cm³/mol. The fourth-order valence-electron chi connectivity index (χ4n) is 2.66. The number of imide groups is 1. The number of ether oxygens (including phenoxy) is 1. The molecule has 1 aromatic heterocycles. The molecule has 0 spiro atoms. The van der Waals surface area contributed by atoms with Gasteiger partial charge in [-0.25, -0.2) is 4.79 Å². The van der Waals surface area contributed by atoms with E-state index in [2.05, 4.69) is 10.6 Å². The van der Waals surface area contributed by atoms with Crippen LogP contribution in [-0.2, 0) is 4.74 Å². The van der Waals surface area contributed by atoms with E-state index < -0.39 is 29.1 Å². The van der Waals surface area contributed by atoms with Crippen LogP contribution < -0.4 is 21.9 Å². The first-order chi connectivity index (χ1) is 12.6. The van der Waals surface area contributed by atoms with Crippen LogP contribution in [0.5, 0.6) is 0 Å². The molecule has 0 fully saturated rings. The van der Waals surface area contributed by atoms with Crippen LogP contribution >= 0.6 is 0 Å². The van der Waals surface area contributed by atoms with E-state index in [0.717, 1.165) is 10.6 Å². The summed E-state index contributed by atoms with van der Waals surface area (Å²) in [7, 11) is 0. The zero-order chi connectivity index (χ0) is 19.9. The fraction of sp³-hybridized carbons (Fsp3) is 0.222. The summed E-state index contributed by atoms with van der Waals surface area (Å²) in [5.74, 6) is -1.43. The standard InChI is InChI=1S/C18H18N4O5/c1-18(2,3)27-17(26)20-9-4-6-10(7-5-9)22-12(23)8-11-13(14(22)19)16(25)21-15(11)24/h4-8H,19H2,1-3H3,(H,20,26)(H,21,24,25). The van der Waals surface area contributed by atoms with E-state index >= 15 is 0 Å². The summed E-state index contributed by atoms with van der Waals surface area (Å²) in [6.45, 7) is 5.25. The van der Waals surface area contributed by atoms with Crippen LogP contribution in [0.4, 0.5) is 16.3 Å². The first-order valence-corrected chi connectivity index (χ1v) is 8.08. The number of nitrogens with one attached hydrogen (secondary N) is 2. The van der Waals surface area contributed by atoms with Crippen LogP contribution in [0.1, 0.15) is 41.5 Å². The number of hydrogen-bond donors (Lipinski definition) is 3. The Morgan fingerprint density at radius 3 is 2.33 bits per heavy atom. The van der Waals surface area contributed by atoms with Gasteiger partial charge in [0.1, 0.15) is 11.4 Å². The lowest BCUT2D eigenvalue weighted by molar-refractivity contribution is 0.0635. The van der Waals surface area contributed by atoms with Gasteiger partial charge >= 0.3 is 6.09 Å². The maximum Gasteiger partial charge on any atom is 0.412 e. The molecule has 140 valence electrons. The van der Waals surface area contributed by atoms with Crippen LogP contribution in [0, 0.1) is 0 Å². The second-order valence-electron chi connectivity index (χ2n) is 6.95. The van der Waals surface area contributed by atoms with Gasteiger partial charge < -0.3 is 10.5 Å². The Hall–Kier alpha value is -3.62. The molecule has 1 aliphatic heterocycles. The van der Waals surface area contributed by atoms with Crippen molar-refractivity contribution in [3.05, 3.63) is 51.8 Å². The molecule has 9 heteroatoms. The van der Waals surface area contributed by atoms with Crippen LogP contribution in [0.2, 0.25) is 0 Å². The van der Waals surface area contributed by atoms with Crippen LogP contribution in [0.15, 0.2) is 35.1 Å². The molecule has 2 aromatic rings. The van der Waals surface area contributed by atoms with E-state index in [1.54, 1.807) is 45.0 Å². The summed E-state index contributed by atoms with van der Waals surface area (Å²) < 4.78 is 6.28. The summed E-state index contributed by atoms with van der Waals surface area (Å²) >= 11 is 0. The van der Waals surface area contributed by atoms with Crippen molar-refractivity contribution in [3.8, 4) is 5.69 Å². The molecular formula is C18H18N4O5. The first kappa shape index (κ1) is 18.2. The maximum atomic E-state index is 12.4. The van der Waals surface area contributed by atoms with Crippen molar-refractivity contribution in [2.24, 2.45) is 0 Å². The van der Waals surface area contributed by atoms with Gasteiger partial charge in [0.15, 0.2) is 0 Å². The summed E-state index contributed by atoms with van der Waals surface area (Å²) in [6.07, 6.45) is -0.611. The van der Waals surface area contributed by atoms with E-state index in [1.165, 1.54) is 0 Å². The number of nitrogen functional groups attached to an aromatic ring is 1. The first-order valence-electron chi connectivity index (χ1n) is 8.08. The number of fused-ring (bicyclic) bond motifs is 1. The third kappa shape index (κ3) is 3.52. The summed E-state index contributed by atoms with van der Waals surface area (Å²) in [5.41, 5.74) is 5.54. The minimum atomic E-state index is -0.650. The number of nitrogens with zero attached hydrogens (tertiary/aromatic N) is 1. The molecule has 0 bridgehead atoms. The molecule has 3 amide bonds. The number of pyridine rings is 1. The summed E-state index contributed by atoms with van der Waals surface area (Å²) in [4.78, 5) is 47.8. The van der Waals surface area contributed by atoms with E-state index in [1.807, 2.05) is 0 Å². The van der Waals surface area contributed by atoms with Crippen molar-refractivity contribution in [1.82, 2.24) is 9.88 Å². The average molecular weight is 370 g/mol. The second kappa shape index (κ2) is 6.27. The quantitative estimate of drug-likeness (QED) is 0.689. The van der Waals surface area contributed by atoms with E-state index in [0.29, 0.717) is 11.4 Å². The molecule has 0 unspecified atom stereocenters. The monoisotopic (exact) mass is 370 g/mol. The minimum absolute atomic E-state index is 0.0319. The van der Waals surface area contributed by atoms with Crippen molar-refractivity contribution in [3.63, 3.8) is 0 Å². The third-order valence-electron chi connectivity index (χ3n) is 3.72. The van der Waals surface area contributed by atoms with Gasteiger partial charge in [0.05, 0.1) is 16.8 Å². The molecule has 27 heavy (non-hydrogen) atoms. The Bertz CT molecular complexity index is 1020. The zero-order valence-electron chi connectivity index (χ0n) is 15.0. The lowest BCUT2D eigenvalue weighted by atomic mass is 10.1. The summed E-state index contributed by atoms with van der Waals surface area (Å²) in [5, 5.41) is 4.68. The molecule has 3 rings (SSSR count). The van der Waals surface area contributed by atoms with Gasteiger partial charge in [0, 0.05) is 11.8 Å². The predicted octanol–water partition coefficient (Wildman–Crippen LogP) is 1.65. The number of aromatic nitrogens is 1. The highest BCUT2D eigenvalue weighted by atomic mass is 16.6. The van der Waals surface area contributed by atoms with Gasteiger partial charge in [-0.05, 0) is 45.0 Å². The van der Waals surface area contributed by atoms with Crippen molar-refractivity contribution >= 4 is 29.4 Å². The maximum absolute atomic E-state index is 12.4. The Labute approximate surface area is 154 Å². The molecule has 4 N–H and O–H groups in total. The Morgan fingerprint density at radius 1 is 1.11 bits per heavy atom. The average Bonchev–Trinajstić information content (AvgIpc) is 2.81. The van der Waals surface area contributed by atoms with Gasteiger partial charge in [0.25, 0.3) is 17.4 Å². The number of anilines is 2. The van der Waals surface area contributed by atoms with Crippen LogP contribution in [0.25, 0.3) is 5.69 Å². The minimum Gasteiger partial charge on any atom is -0.444 e. The second-order valence-corrected chi connectivity index (χ2v) is 6.95. The van der Waals surface area contributed by atoms with Crippen molar-refractivity contribution in [1.29, 1.82) is 0 Å². The number of carbonyl (C=O) groups excluding carboxylic acids is 3. The van der Waals surface area contributed by atoms with Crippen molar-refractivity contribution < 1.29 is 19.1 Å². The fourth-order valence-corrected chi connectivity index (χ4v) is 2.66. The highest BCUT2D eigenvalue weighted by Crippen LogP contribution is 2.23. The van der Waals surface area contributed by atoms with Gasteiger partial charge in [-0.15, -0.1) is 0 Å². The number of nitrogens with two attached hydrogens (primary N) is 1. The van der Waals surface area contributed by atoms with Crippen molar-refractivity contribution in [2.75, 3.05) is 11.1 Å². The van der Waals surface area contributed by atoms with Gasteiger partial charge in [-0.3, -0.25) is 29.6 Å². The molecule has 2 heterocycles. The summed E-state index contributed by atoms with van der Waals surface area (Å²) in [6, 6.07) is 7.28. The lowest BCUT2D eigenvalue weighted by Crippen LogP contribution is -2.27. The van der Waals surface area contributed by atoms with Gasteiger partial charge in [-0.1, -0.05) is 0 Å². The smallest absolute Gasteiger partial charge is 0.412 e. The molecule has 1 aromatic carbocycles. The molecular weight excluding hydrogens is 352 g/mol. The normalized spacial score (nSPS) is 13.1. The molecule has 0 aliphatic carbocycles. The lowest BCUT2D eigenvalue weighted by Gasteiger charge is -2.19. The largest absolute Gasteiger partial charge is 0.444 e. The Kier molecular flexibility index (Phi) is 4.22. The molecule has 0 saturated heterocycles. The van der Waals surface area contributed by atoms with Gasteiger partial charge in [-0.2, -0.15) is 0 Å². The number of carbonyl (C=O) groups is 3. The van der Waals surface area contributed by atoms with Crippen LogP contribution in [-0.4, -0.2) is 28.1 Å². The number of rotatable bonds is 2. The highest BCUT2D eigenvalue weighted by molar-refractivity contribution is 6.23. The van der Waals surface area contributed by atoms with E-state index in [-0.39, 0.29) is 16.9 Å². The van der Waals surface area contributed by atoms with Gasteiger partial charge in [0.2, 0.25) is 0 Å². The molecule has 0 radical (unpaired) electrons. The van der Waals surface area contributed by atoms with E-state index in [4.69, 9.17) is 10.5 Å². The Balaban J connectivity index is 1.92. The molecule has 9 nitrogen and oxygen atoms in total. The highest BCUT2D eigenvalue weighted by Gasteiger charge is 2.31. The molecule has 0 atom stereocenters. The SMILES string of the molecule is CC(C)(C)OC(=O)Nc1ccc(-n2c(N)c3c(cc2=O)C(=O)NC3=O)cc1. The van der Waals surface area contributed by atoms with Crippen LogP contribution in [0.3, 0.4) is 0 Å². The third-order valence-corrected chi connectivity index (χ3v) is 3.72. The zero-order valence-corrected chi connectivity index (χ0v) is 15.0. The number of hydrogen-bond acceptors (Lipinski definition) is 6. The van der Waals surface area contributed by atoms with E-state index in [9.17, 15) is 19.2 Å².